The first-order valence-corrected chi connectivity index (χ1v) is 5.90. The van der Waals surface area contributed by atoms with E-state index < -0.39 is 0 Å². The second-order valence-corrected chi connectivity index (χ2v) is 4.42. The predicted octanol–water partition coefficient (Wildman–Crippen LogP) is 4.30. The van der Waals surface area contributed by atoms with Crippen molar-refractivity contribution in [2.24, 2.45) is 0 Å². The molecular weight excluding hydrogens is 180 g/mol. The maximum atomic E-state index is 2.35. The number of rotatable bonds is 1. The smallest absolute Gasteiger partial charge is 0.00955 e. The molecule has 0 bridgehead atoms. The van der Waals surface area contributed by atoms with E-state index in [1.54, 1.807) is 16.7 Å². The van der Waals surface area contributed by atoms with E-state index >= 15 is 0 Å². The van der Waals surface area contributed by atoms with E-state index in [1.165, 1.54) is 24.8 Å². The van der Waals surface area contributed by atoms with E-state index in [4.69, 9.17) is 0 Å². The maximum absolute atomic E-state index is 2.35. The molecule has 0 N–H and O–H groups in total. The van der Waals surface area contributed by atoms with Crippen molar-refractivity contribution in [1.29, 1.82) is 0 Å². The Morgan fingerprint density at radius 1 is 1.27 bits per heavy atom. The van der Waals surface area contributed by atoms with Crippen LogP contribution in [0.4, 0.5) is 0 Å². The van der Waals surface area contributed by atoms with Crippen LogP contribution in [0, 0.1) is 0 Å². The second kappa shape index (κ2) is 3.37. The molecule has 0 spiro atoms. The van der Waals surface area contributed by atoms with Gasteiger partial charge in [-0.25, -0.2) is 0 Å². The molecule has 0 saturated carbocycles. The van der Waals surface area contributed by atoms with Gasteiger partial charge < -0.3 is 0 Å². The fourth-order valence-corrected chi connectivity index (χ4v) is 2.98. The molecule has 2 aliphatic carbocycles. The van der Waals surface area contributed by atoms with Gasteiger partial charge in [0.2, 0.25) is 0 Å². The van der Waals surface area contributed by atoms with Crippen LogP contribution in [-0.4, -0.2) is 0 Å². The lowest BCUT2D eigenvalue weighted by Crippen LogP contribution is -1.96. The first kappa shape index (κ1) is 8.96. The highest BCUT2D eigenvalue weighted by Crippen LogP contribution is 2.47. The molecule has 0 amide bonds. The van der Waals surface area contributed by atoms with E-state index in [9.17, 15) is 0 Å². The zero-order valence-electron chi connectivity index (χ0n) is 9.16. The third-order valence-corrected chi connectivity index (χ3v) is 3.65. The van der Waals surface area contributed by atoms with Crippen molar-refractivity contribution in [3.63, 3.8) is 0 Å². The normalized spacial score (nSPS) is 22.9. The molecule has 0 fully saturated rings. The van der Waals surface area contributed by atoms with Gasteiger partial charge in [0.05, 0.1) is 0 Å². The van der Waals surface area contributed by atoms with Gasteiger partial charge in [-0.3, -0.25) is 0 Å². The van der Waals surface area contributed by atoms with Gasteiger partial charge in [-0.1, -0.05) is 43.3 Å². The Balaban J connectivity index is 2.20. The summed E-state index contributed by atoms with van der Waals surface area (Å²) in [4.78, 5) is 0. The minimum Gasteiger partial charge on any atom is -0.0839 e. The number of hydrogen-bond donors (Lipinski definition) is 0. The molecule has 0 nitrogen and oxygen atoms in total. The molecule has 76 valence electrons. The van der Waals surface area contributed by atoms with Crippen molar-refractivity contribution in [1.82, 2.24) is 0 Å². The fourth-order valence-electron chi connectivity index (χ4n) is 2.98. The number of benzene rings is 1. The highest BCUT2D eigenvalue weighted by molar-refractivity contribution is 5.81. The molecular formula is C15H16. The molecule has 3 rings (SSSR count). The Labute approximate surface area is 91.3 Å². The summed E-state index contributed by atoms with van der Waals surface area (Å²) in [7, 11) is 0. The highest BCUT2D eigenvalue weighted by atomic mass is 14.3. The van der Waals surface area contributed by atoms with Crippen LogP contribution in [0.5, 0.6) is 0 Å². The summed E-state index contributed by atoms with van der Waals surface area (Å²) >= 11 is 0. The van der Waals surface area contributed by atoms with Gasteiger partial charge in [0.15, 0.2) is 0 Å². The molecule has 1 aromatic rings. The molecule has 2 aliphatic rings. The summed E-state index contributed by atoms with van der Waals surface area (Å²) in [5.74, 6) is 0.660. The number of allylic oxidation sites excluding steroid dienone is 4. The summed E-state index contributed by atoms with van der Waals surface area (Å²) in [5.41, 5.74) is 6.27. The van der Waals surface area contributed by atoms with E-state index in [1.807, 2.05) is 0 Å². The zero-order valence-corrected chi connectivity index (χ0v) is 9.16. The molecule has 0 heteroatoms. The average molecular weight is 196 g/mol. The summed E-state index contributed by atoms with van der Waals surface area (Å²) < 4.78 is 0. The lowest BCUT2D eigenvalue weighted by Gasteiger charge is -2.13. The second-order valence-electron chi connectivity index (χ2n) is 4.42. The number of fused-ring (bicyclic) bond motifs is 2. The van der Waals surface area contributed by atoms with Gasteiger partial charge in [-0.15, -0.1) is 0 Å². The lowest BCUT2D eigenvalue weighted by atomic mass is 9.91. The van der Waals surface area contributed by atoms with Crippen LogP contribution in [-0.2, 0) is 0 Å². The minimum absolute atomic E-state index is 0.660. The molecule has 1 aromatic carbocycles. The van der Waals surface area contributed by atoms with Crippen LogP contribution in [0.1, 0.15) is 43.2 Å². The Morgan fingerprint density at radius 2 is 2.13 bits per heavy atom. The topological polar surface area (TPSA) is 0 Å². The monoisotopic (exact) mass is 196 g/mol. The molecule has 0 aromatic heterocycles. The van der Waals surface area contributed by atoms with Gasteiger partial charge in [-0.05, 0) is 41.5 Å². The van der Waals surface area contributed by atoms with E-state index in [-0.39, 0.29) is 0 Å². The summed E-state index contributed by atoms with van der Waals surface area (Å²) in [6, 6.07) is 8.93. The molecule has 1 atom stereocenters. The third kappa shape index (κ3) is 1.21. The van der Waals surface area contributed by atoms with Crippen molar-refractivity contribution in [2.75, 3.05) is 0 Å². The van der Waals surface area contributed by atoms with Gasteiger partial charge in [0.1, 0.15) is 0 Å². The fraction of sp³-hybridized carbons (Fsp3) is 0.333. The first-order chi connectivity index (χ1) is 7.42. The Bertz CT molecular complexity index is 449. The Hall–Kier alpha value is -1.30. The van der Waals surface area contributed by atoms with Crippen LogP contribution in [0.15, 0.2) is 42.0 Å². The van der Waals surface area contributed by atoms with Crippen molar-refractivity contribution < 1.29 is 0 Å². The van der Waals surface area contributed by atoms with Gasteiger partial charge >= 0.3 is 0 Å². The predicted molar refractivity (Wildman–Crippen MR) is 64.8 cm³/mol. The van der Waals surface area contributed by atoms with E-state index in [0.717, 1.165) is 0 Å². The van der Waals surface area contributed by atoms with Gasteiger partial charge in [0.25, 0.3) is 0 Å². The third-order valence-electron chi connectivity index (χ3n) is 3.65. The molecule has 0 heterocycles. The van der Waals surface area contributed by atoms with Crippen LogP contribution in [0.2, 0.25) is 0 Å². The first-order valence-electron chi connectivity index (χ1n) is 5.90. The minimum atomic E-state index is 0.660. The molecule has 0 saturated heterocycles. The van der Waals surface area contributed by atoms with Crippen molar-refractivity contribution in [2.45, 2.75) is 32.1 Å². The summed E-state index contributed by atoms with van der Waals surface area (Å²) in [6.45, 7) is 2.29. The standard InChI is InChI=1S/C15H16/c1-2-11-12-7-3-5-9-14(12)15-10-6-4-8-13(11)15/h3-5,7-9,11H,2,6,10H2,1H3. The van der Waals surface area contributed by atoms with Crippen molar-refractivity contribution >= 4 is 5.57 Å². The van der Waals surface area contributed by atoms with Gasteiger partial charge in [-0.2, -0.15) is 0 Å². The lowest BCUT2D eigenvalue weighted by molar-refractivity contribution is 0.787. The van der Waals surface area contributed by atoms with Crippen LogP contribution < -0.4 is 0 Å². The molecule has 0 aliphatic heterocycles. The summed E-state index contributed by atoms with van der Waals surface area (Å²) in [6.07, 6.45) is 8.35. The zero-order chi connectivity index (χ0) is 10.3. The Kier molecular flexibility index (Phi) is 2.02. The molecule has 1 unspecified atom stereocenters. The van der Waals surface area contributed by atoms with Crippen molar-refractivity contribution in [3.8, 4) is 0 Å². The quantitative estimate of drug-likeness (QED) is 0.628. The van der Waals surface area contributed by atoms with Crippen LogP contribution in [0.25, 0.3) is 5.57 Å². The average Bonchev–Trinajstić information content (AvgIpc) is 2.63. The SMILES string of the molecule is CCC1C2=C(CCC=C2)c2ccccc21. The Morgan fingerprint density at radius 3 is 3.00 bits per heavy atom. The summed E-state index contributed by atoms with van der Waals surface area (Å²) in [5, 5.41) is 0. The van der Waals surface area contributed by atoms with Gasteiger partial charge in [0, 0.05) is 5.92 Å². The van der Waals surface area contributed by atoms with E-state index in [0.29, 0.717) is 5.92 Å². The van der Waals surface area contributed by atoms with Crippen LogP contribution >= 0.6 is 0 Å². The largest absolute Gasteiger partial charge is 0.0839 e. The van der Waals surface area contributed by atoms with Crippen molar-refractivity contribution in [3.05, 3.63) is 53.1 Å². The van der Waals surface area contributed by atoms with E-state index in [2.05, 4.69) is 43.3 Å². The number of hydrogen-bond acceptors (Lipinski definition) is 0. The van der Waals surface area contributed by atoms with Crippen LogP contribution in [0.3, 0.4) is 0 Å². The highest BCUT2D eigenvalue weighted by Gasteiger charge is 2.28. The molecule has 15 heavy (non-hydrogen) atoms. The maximum Gasteiger partial charge on any atom is 0.00955 e. The molecule has 0 radical (unpaired) electrons.